The van der Waals surface area contributed by atoms with Crippen LogP contribution in [0.3, 0.4) is 0 Å². The third-order valence-electron chi connectivity index (χ3n) is 2.96. The Kier molecular flexibility index (Phi) is 2.20. The van der Waals surface area contributed by atoms with Crippen molar-refractivity contribution in [2.45, 2.75) is 48.7 Å². The summed E-state index contributed by atoms with van der Waals surface area (Å²) in [5.74, 6) is 5.16. The monoisotopic (exact) mass is 202 g/mol. The van der Waals surface area contributed by atoms with Gasteiger partial charge < -0.3 is 0 Å². The van der Waals surface area contributed by atoms with Crippen molar-refractivity contribution in [3.8, 4) is 0 Å². The Morgan fingerprint density at radius 2 is 1.40 bits per heavy atom. The molecule has 0 unspecified atom stereocenters. The van der Waals surface area contributed by atoms with E-state index in [1.54, 1.807) is 10.5 Å². The van der Waals surface area contributed by atoms with Gasteiger partial charge in [0.05, 0.1) is 0 Å². The molecule has 0 bridgehead atoms. The van der Waals surface area contributed by atoms with Crippen LogP contribution in [-0.2, 0) is 0 Å². The molecule has 1 rings (SSSR count). The molecule has 0 aromatic rings. The molecule has 1 aliphatic rings. The van der Waals surface area contributed by atoms with Gasteiger partial charge in [-0.3, -0.25) is 0 Å². The van der Waals surface area contributed by atoms with E-state index in [0.29, 0.717) is 5.41 Å². The first-order chi connectivity index (χ1) is 4.41. The van der Waals surface area contributed by atoms with Crippen LogP contribution in [0.5, 0.6) is 0 Å². The first kappa shape index (κ1) is 8.64. The van der Waals surface area contributed by atoms with Crippen molar-refractivity contribution in [2.75, 3.05) is 0 Å². The molecule has 0 N–H and O–H groups in total. The van der Waals surface area contributed by atoms with Crippen molar-refractivity contribution in [3.63, 3.8) is 0 Å². The van der Waals surface area contributed by atoms with Crippen LogP contribution in [0.2, 0.25) is 22.0 Å². The zero-order valence-corrected chi connectivity index (χ0v) is 9.93. The van der Waals surface area contributed by atoms with Gasteiger partial charge in [0.15, 0.2) is 0 Å². The molecular formula is C9H20Ge. The summed E-state index contributed by atoms with van der Waals surface area (Å²) in [6, 6.07) is 0. The Morgan fingerprint density at radius 1 is 1.00 bits per heavy atom. The minimum atomic E-state index is -1.14. The quantitative estimate of drug-likeness (QED) is 0.526. The summed E-state index contributed by atoms with van der Waals surface area (Å²) in [6.07, 6.45) is 3.00. The molecule has 1 saturated heterocycles. The first-order valence-corrected chi connectivity index (χ1v) is 11.6. The van der Waals surface area contributed by atoms with Crippen LogP contribution in [-0.4, -0.2) is 13.3 Å². The van der Waals surface area contributed by atoms with Crippen molar-refractivity contribution in [2.24, 2.45) is 5.41 Å². The predicted molar refractivity (Wildman–Crippen MR) is 50.1 cm³/mol. The molecule has 0 aromatic heterocycles. The SMILES string of the molecule is CC1(C)C[CH2][Ge]([CH3])([CH3])[CH2]C1. The van der Waals surface area contributed by atoms with Gasteiger partial charge in [-0.05, 0) is 0 Å². The molecular weight excluding hydrogens is 181 g/mol. The number of hydrogen-bond donors (Lipinski definition) is 0. The molecule has 0 aromatic carbocycles. The summed E-state index contributed by atoms with van der Waals surface area (Å²) in [5.41, 5.74) is 0.681. The normalized spacial score (nSPS) is 30.0. The van der Waals surface area contributed by atoms with Gasteiger partial charge in [-0.2, -0.15) is 0 Å². The van der Waals surface area contributed by atoms with Crippen LogP contribution < -0.4 is 0 Å². The summed E-state index contributed by atoms with van der Waals surface area (Å²) < 4.78 is 0. The van der Waals surface area contributed by atoms with Gasteiger partial charge >= 0.3 is 67.4 Å². The van der Waals surface area contributed by atoms with Gasteiger partial charge in [0.2, 0.25) is 0 Å². The van der Waals surface area contributed by atoms with Crippen LogP contribution in [0.25, 0.3) is 0 Å². The minimum absolute atomic E-state index is 0.681. The zero-order chi connectivity index (χ0) is 7.83. The summed E-state index contributed by atoms with van der Waals surface area (Å²) >= 11 is -1.14. The Morgan fingerprint density at radius 3 is 1.70 bits per heavy atom. The molecule has 1 heterocycles. The first-order valence-electron chi connectivity index (χ1n) is 4.41. The molecule has 0 atom stereocenters. The Labute approximate surface area is 67.8 Å². The van der Waals surface area contributed by atoms with Crippen LogP contribution in [0.15, 0.2) is 0 Å². The molecule has 0 aliphatic carbocycles. The zero-order valence-electron chi connectivity index (χ0n) is 7.83. The molecule has 1 heteroatoms. The van der Waals surface area contributed by atoms with Gasteiger partial charge in [0.25, 0.3) is 0 Å². The van der Waals surface area contributed by atoms with E-state index < -0.39 is 13.3 Å². The van der Waals surface area contributed by atoms with Gasteiger partial charge in [-0.1, -0.05) is 0 Å². The third kappa shape index (κ3) is 2.30. The van der Waals surface area contributed by atoms with Gasteiger partial charge in [-0.25, -0.2) is 0 Å². The Hall–Kier alpha value is 0.543. The standard InChI is InChI=1S/C9H20Ge/c1-9(2)5-7-10(3,4)8-6-9/h5-8H2,1-4H3. The van der Waals surface area contributed by atoms with E-state index in [1.807, 2.05) is 0 Å². The van der Waals surface area contributed by atoms with Crippen molar-refractivity contribution >= 4 is 13.3 Å². The second kappa shape index (κ2) is 2.54. The number of hydrogen-bond acceptors (Lipinski definition) is 0. The van der Waals surface area contributed by atoms with Crippen molar-refractivity contribution in [1.82, 2.24) is 0 Å². The van der Waals surface area contributed by atoms with Crippen LogP contribution in [0, 0.1) is 5.41 Å². The van der Waals surface area contributed by atoms with E-state index in [9.17, 15) is 0 Å². The molecule has 1 fully saturated rings. The number of rotatable bonds is 0. The molecule has 1 aliphatic heterocycles. The summed E-state index contributed by atoms with van der Waals surface area (Å²) in [6.45, 7) is 4.84. The topological polar surface area (TPSA) is 0 Å². The summed E-state index contributed by atoms with van der Waals surface area (Å²) in [4.78, 5) is 0. The summed E-state index contributed by atoms with van der Waals surface area (Å²) in [7, 11) is 0. The average molecular weight is 201 g/mol. The summed E-state index contributed by atoms with van der Waals surface area (Å²) in [5, 5.41) is 3.21. The Bertz CT molecular complexity index is 96.7. The van der Waals surface area contributed by atoms with Gasteiger partial charge in [0, 0.05) is 0 Å². The van der Waals surface area contributed by atoms with Gasteiger partial charge in [-0.15, -0.1) is 0 Å². The maximum atomic E-state index is 2.58. The van der Waals surface area contributed by atoms with E-state index in [-0.39, 0.29) is 0 Å². The van der Waals surface area contributed by atoms with Crippen LogP contribution >= 0.6 is 0 Å². The molecule has 0 radical (unpaired) electrons. The second-order valence-electron chi connectivity index (χ2n) is 5.33. The van der Waals surface area contributed by atoms with E-state index in [0.717, 1.165) is 0 Å². The third-order valence-corrected chi connectivity index (χ3v) is 9.69. The fourth-order valence-electron chi connectivity index (χ4n) is 1.60. The molecule has 0 amide bonds. The molecule has 0 nitrogen and oxygen atoms in total. The van der Waals surface area contributed by atoms with Crippen molar-refractivity contribution < 1.29 is 0 Å². The molecule has 60 valence electrons. The van der Waals surface area contributed by atoms with Crippen molar-refractivity contribution in [1.29, 1.82) is 0 Å². The fourth-order valence-corrected chi connectivity index (χ4v) is 7.81. The predicted octanol–water partition coefficient (Wildman–Crippen LogP) is 3.51. The molecule has 10 heavy (non-hydrogen) atoms. The van der Waals surface area contributed by atoms with E-state index in [1.165, 1.54) is 12.8 Å². The van der Waals surface area contributed by atoms with Crippen LogP contribution in [0.4, 0.5) is 0 Å². The Balaban J connectivity index is 2.46. The van der Waals surface area contributed by atoms with E-state index in [4.69, 9.17) is 0 Å². The van der Waals surface area contributed by atoms with E-state index in [2.05, 4.69) is 25.4 Å². The van der Waals surface area contributed by atoms with E-state index >= 15 is 0 Å². The molecule has 0 saturated carbocycles. The van der Waals surface area contributed by atoms with Crippen molar-refractivity contribution in [3.05, 3.63) is 0 Å². The molecule has 0 spiro atoms. The second-order valence-corrected chi connectivity index (χ2v) is 16.5. The van der Waals surface area contributed by atoms with Gasteiger partial charge in [0.1, 0.15) is 0 Å². The average Bonchev–Trinajstić information content (AvgIpc) is 1.79. The fraction of sp³-hybridized carbons (Fsp3) is 1.00. The maximum absolute atomic E-state index is 2.58. The van der Waals surface area contributed by atoms with Crippen LogP contribution in [0.1, 0.15) is 26.7 Å².